The maximum Gasteiger partial charge on any atom is 2.00 e. The van der Waals surface area contributed by atoms with Gasteiger partial charge in [0.2, 0.25) is 0 Å². The van der Waals surface area contributed by atoms with E-state index >= 15 is 0 Å². The average molecular weight is 428 g/mol. The molecule has 0 unspecified atom stereocenters. The zero-order valence-electron chi connectivity index (χ0n) is 16.2. The molecule has 0 aliphatic carbocycles. The van der Waals surface area contributed by atoms with Crippen LogP contribution in [-0.2, 0) is 42.4 Å². The van der Waals surface area contributed by atoms with E-state index in [-0.39, 0.29) is 23.1 Å². The van der Waals surface area contributed by atoms with Gasteiger partial charge in [-0.25, -0.2) is 0 Å². The molecule has 1 rings (SSSR count). The molecule has 152 valence electrons. The summed E-state index contributed by atoms with van der Waals surface area (Å²) in [6.07, 6.45) is 6.80. The Balaban J connectivity index is -0.000000374. The van der Waals surface area contributed by atoms with Crippen molar-refractivity contribution in [1.29, 1.82) is 0 Å². The summed E-state index contributed by atoms with van der Waals surface area (Å²) in [7, 11) is 0. The van der Waals surface area contributed by atoms with Crippen molar-refractivity contribution in [3.63, 3.8) is 0 Å². The molecule has 0 fully saturated rings. The maximum atomic E-state index is 11.2. The first-order valence-electron chi connectivity index (χ1n) is 8.11. The predicted octanol–water partition coefficient (Wildman–Crippen LogP) is 3.33. The Hall–Kier alpha value is -1.87. The first-order valence-corrected chi connectivity index (χ1v) is 8.11. The van der Waals surface area contributed by atoms with E-state index in [2.05, 4.69) is 26.5 Å². The fraction of sp³-hybridized carbons (Fsp3) is 0.429. The fourth-order valence-corrected chi connectivity index (χ4v) is 2.41. The molecule has 0 heterocycles. The third-order valence-corrected chi connectivity index (χ3v) is 3.77. The number of rotatable bonds is 10. The number of amides is 1. The molecule has 0 saturated carbocycles. The van der Waals surface area contributed by atoms with E-state index in [0.29, 0.717) is 19.4 Å². The largest absolute Gasteiger partial charge is 2.00 e. The van der Waals surface area contributed by atoms with Crippen LogP contribution in [0, 0.1) is 20.0 Å². The molecule has 0 spiro atoms. The molecular weight excluding hydrogens is 402 g/mol. The van der Waals surface area contributed by atoms with Crippen LogP contribution in [0.5, 0.6) is 0 Å². The smallest absolute Gasteiger partial charge is 2.00 e. The molecule has 6 nitrogen and oxygen atoms in total. The molecule has 7 heteroatoms. The van der Waals surface area contributed by atoms with Gasteiger partial charge in [-0.15, -0.1) is 6.58 Å². The standard InChI is InChI=1S/C18H26NO2.3CO.Fe/c1-4-12-18(3,21)13-8-9-16(2)19(15-20)14-17-10-6-5-7-11-17;3*1-2;/h4-7,10-11,16,21H,1,8-9,12-14H2,2-3H3;;;;/q-1;;;;+2/t16-,18-;;;;/m1..../s1. The van der Waals surface area contributed by atoms with Crippen LogP contribution in [0.2, 0.25) is 0 Å². The van der Waals surface area contributed by atoms with Gasteiger partial charge in [0.15, 0.2) is 0 Å². The summed E-state index contributed by atoms with van der Waals surface area (Å²) in [5, 5.41) is 10.1. The molecular formula is C21H26FeNO5+. The number of carbonyl (C=O) groups excluding carboxylic acids is 1. The van der Waals surface area contributed by atoms with Gasteiger partial charge in [-0.3, -0.25) is 0 Å². The molecule has 1 N–H and O–H groups in total. The summed E-state index contributed by atoms with van der Waals surface area (Å²) in [5.74, 6) is 0. The fourth-order valence-electron chi connectivity index (χ4n) is 2.41. The van der Waals surface area contributed by atoms with Crippen molar-refractivity contribution in [2.45, 2.75) is 57.7 Å². The van der Waals surface area contributed by atoms with E-state index < -0.39 is 5.60 Å². The Kier molecular flexibility index (Phi) is 27.9. The summed E-state index contributed by atoms with van der Waals surface area (Å²) in [5.41, 5.74) is 0.405. The topological polar surface area (TPSA) is 100 Å². The summed E-state index contributed by atoms with van der Waals surface area (Å²) in [4.78, 5) is 12.8. The first kappa shape index (κ1) is 33.7. The Morgan fingerprint density at radius 1 is 1.21 bits per heavy atom. The van der Waals surface area contributed by atoms with Crippen LogP contribution in [0.3, 0.4) is 0 Å². The van der Waals surface area contributed by atoms with Crippen molar-refractivity contribution < 1.29 is 40.9 Å². The molecule has 0 aliphatic rings. The van der Waals surface area contributed by atoms with Crippen molar-refractivity contribution in [3.05, 3.63) is 68.5 Å². The second-order valence-corrected chi connectivity index (χ2v) is 5.94. The van der Waals surface area contributed by atoms with Crippen LogP contribution in [0.15, 0.2) is 43.0 Å². The molecule has 1 aromatic rings. The van der Waals surface area contributed by atoms with Crippen LogP contribution in [0.4, 0.5) is 0 Å². The van der Waals surface area contributed by atoms with Crippen LogP contribution in [0.25, 0.3) is 0 Å². The van der Waals surface area contributed by atoms with Crippen molar-refractivity contribution in [1.82, 2.24) is 4.90 Å². The van der Waals surface area contributed by atoms with Crippen LogP contribution >= 0.6 is 0 Å². The van der Waals surface area contributed by atoms with Crippen molar-refractivity contribution in [3.8, 4) is 0 Å². The third-order valence-electron chi connectivity index (χ3n) is 3.77. The monoisotopic (exact) mass is 428 g/mol. The van der Waals surface area contributed by atoms with E-state index in [4.69, 9.17) is 14.0 Å². The number of aliphatic hydroxyl groups is 1. The molecule has 2 atom stereocenters. The van der Waals surface area contributed by atoms with E-state index in [1.165, 1.54) is 0 Å². The van der Waals surface area contributed by atoms with Gasteiger partial charge >= 0.3 is 51.0 Å². The predicted molar refractivity (Wildman–Crippen MR) is 98.2 cm³/mol. The number of nitrogens with zero attached hydrogens (tertiary/aromatic N) is 1. The van der Waals surface area contributed by atoms with Crippen LogP contribution in [-0.4, -0.2) is 28.1 Å². The number of hydrogen-bond acceptors (Lipinski definition) is 2. The SMILES string of the molecule is C=CC[C@@](C)(O)CCC[C@@H](C)N([C-]=O)Cc1ccccc1.[C-]#[O+].[C-]#[O+].[C-]#[O+].[Fe+2]. The minimum atomic E-state index is -0.698. The minimum absolute atomic E-state index is 0. The maximum absolute atomic E-state index is 11.2. The Bertz CT molecular complexity index is 541. The van der Waals surface area contributed by atoms with Gasteiger partial charge in [0, 0.05) is 6.54 Å². The summed E-state index contributed by atoms with van der Waals surface area (Å²) >= 11 is 0. The molecule has 0 radical (unpaired) electrons. The molecule has 0 aliphatic heterocycles. The van der Waals surface area contributed by atoms with Gasteiger partial charge in [0.25, 0.3) is 0 Å². The van der Waals surface area contributed by atoms with Gasteiger partial charge in [0.05, 0.1) is 5.60 Å². The van der Waals surface area contributed by atoms with E-state index in [0.717, 1.165) is 18.4 Å². The van der Waals surface area contributed by atoms with Crippen molar-refractivity contribution in [2.24, 2.45) is 0 Å². The van der Waals surface area contributed by atoms with Crippen molar-refractivity contribution in [2.75, 3.05) is 0 Å². The third kappa shape index (κ3) is 17.5. The van der Waals surface area contributed by atoms with Crippen LogP contribution in [0.1, 0.15) is 45.1 Å². The molecule has 28 heavy (non-hydrogen) atoms. The molecule has 0 saturated heterocycles. The molecule has 1 amide bonds. The molecule has 0 bridgehead atoms. The summed E-state index contributed by atoms with van der Waals surface area (Å²) in [6, 6.07) is 10.0. The second-order valence-electron chi connectivity index (χ2n) is 5.94. The Morgan fingerprint density at radius 3 is 2.14 bits per heavy atom. The second kappa shape index (κ2) is 23.2. The van der Waals surface area contributed by atoms with Gasteiger partial charge in [-0.2, -0.15) is 6.41 Å². The van der Waals surface area contributed by atoms with Gasteiger partial charge in [-0.1, -0.05) is 36.4 Å². The van der Waals surface area contributed by atoms with Gasteiger partial charge < -0.3 is 14.8 Å². The normalized spacial score (nSPS) is 11.5. The zero-order valence-corrected chi connectivity index (χ0v) is 17.3. The van der Waals surface area contributed by atoms with Gasteiger partial charge in [-0.05, 0) is 51.1 Å². The quantitative estimate of drug-likeness (QED) is 0.203. The summed E-state index contributed by atoms with van der Waals surface area (Å²) < 4.78 is 22.5. The zero-order chi connectivity index (χ0) is 21.7. The van der Waals surface area contributed by atoms with E-state index in [1.807, 2.05) is 50.6 Å². The Labute approximate surface area is 178 Å². The first-order chi connectivity index (χ1) is 13.0. The van der Waals surface area contributed by atoms with E-state index in [1.54, 1.807) is 11.0 Å². The van der Waals surface area contributed by atoms with Crippen LogP contribution < -0.4 is 0 Å². The Morgan fingerprint density at radius 2 is 1.71 bits per heavy atom. The van der Waals surface area contributed by atoms with Crippen molar-refractivity contribution >= 4 is 6.41 Å². The number of hydrogen-bond donors (Lipinski definition) is 1. The molecule has 0 aromatic heterocycles. The van der Waals surface area contributed by atoms with E-state index in [9.17, 15) is 9.90 Å². The summed E-state index contributed by atoms with van der Waals surface area (Å²) in [6.45, 7) is 21.6. The molecule has 1 aromatic carbocycles. The average Bonchev–Trinajstić information content (AvgIpc) is 2.71. The number of benzene rings is 1. The van der Waals surface area contributed by atoms with Gasteiger partial charge in [0.1, 0.15) is 0 Å². The minimum Gasteiger partial charge on any atom is 2.00 e.